The van der Waals surface area contributed by atoms with Crippen LogP contribution in [0.25, 0.3) is 0 Å². The second-order valence-electron chi connectivity index (χ2n) is 2.63. The largest absolute Gasteiger partial charge is 0.247 e. The fourth-order valence-corrected chi connectivity index (χ4v) is 1.73. The summed E-state index contributed by atoms with van der Waals surface area (Å²) in [7, 11) is 0. The number of nitrogens with zero attached hydrogens (tertiary/aromatic N) is 1. The van der Waals surface area contributed by atoms with Crippen LogP contribution in [-0.4, -0.2) is 10.8 Å². The Kier molecular flexibility index (Phi) is 4.61. The Labute approximate surface area is 84.3 Å². The van der Waals surface area contributed by atoms with Crippen LogP contribution in [0.4, 0.5) is 5.69 Å². The molecular weight excluding hydrogens is 178 g/mol. The molecule has 1 nitrogen and oxygen atoms in total. The van der Waals surface area contributed by atoms with E-state index in [4.69, 9.17) is 0 Å². The second kappa shape index (κ2) is 5.81. The normalized spacial score (nSPS) is 11.7. The number of benzene rings is 1. The van der Waals surface area contributed by atoms with Crippen molar-refractivity contribution in [3.05, 3.63) is 30.3 Å². The minimum atomic E-state index is 1.02. The summed E-state index contributed by atoms with van der Waals surface area (Å²) in [6.45, 7) is 4.30. The fourth-order valence-electron chi connectivity index (χ4n) is 1.03. The van der Waals surface area contributed by atoms with Crippen molar-refractivity contribution >= 4 is 22.5 Å². The molecule has 0 saturated carbocycles. The van der Waals surface area contributed by atoms with Crippen LogP contribution in [0.2, 0.25) is 0 Å². The third-order valence-electron chi connectivity index (χ3n) is 1.62. The van der Waals surface area contributed by atoms with Gasteiger partial charge < -0.3 is 0 Å². The Bertz CT molecular complexity index is 267. The lowest BCUT2D eigenvalue weighted by atomic mass is 10.3. The molecule has 0 N–H and O–H groups in total. The Hall–Kier alpha value is -0.760. The monoisotopic (exact) mass is 193 g/mol. The van der Waals surface area contributed by atoms with Crippen LogP contribution in [0.5, 0.6) is 0 Å². The summed E-state index contributed by atoms with van der Waals surface area (Å²) in [5.41, 5.74) is 1.06. The van der Waals surface area contributed by atoms with Gasteiger partial charge in [-0.2, -0.15) is 0 Å². The molecule has 0 aliphatic heterocycles. The van der Waals surface area contributed by atoms with Crippen molar-refractivity contribution in [2.24, 2.45) is 4.99 Å². The smallest absolute Gasteiger partial charge is 0.0735 e. The first-order valence-electron chi connectivity index (χ1n) is 4.62. The highest BCUT2D eigenvalue weighted by molar-refractivity contribution is 8.13. The van der Waals surface area contributed by atoms with Crippen LogP contribution in [0.1, 0.15) is 20.3 Å². The fraction of sp³-hybridized carbons (Fsp3) is 0.364. The number of para-hydroxylation sites is 1. The molecule has 2 heteroatoms. The number of thioether (sulfide) groups is 1. The molecule has 1 aromatic rings. The van der Waals surface area contributed by atoms with E-state index in [1.807, 2.05) is 42.1 Å². The van der Waals surface area contributed by atoms with Gasteiger partial charge in [0.25, 0.3) is 0 Å². The van der Waals surface area contributed by atoms with Crippen molar-refractivity contribution in [3.63, 3.8) is 0 Å². The second-order valence-corrected chi connectivity index (χ2v) is 3.96. The summed E-state index contributed by atoms with van der Waals surface area (Å²) in [6, 6.07) is 10.1. The molecule has 0 aliphatic rings. The van der Waals surface area contributed by atoms with Crippen molar-refractivity contribution in [3.8, 4) is 0 Å². The van der Waals surface area contributed by atoms with Crippen LogP contribution in [0.3, 0.4) is 0 Å². The molecule has 1 rings (SSSR count). The van der Waals surface area contributed by atoms with Gasteiger partial charge in [0.15, 0.2) is 0 Å². The van der Waals surface area contributed by atoms with Crippen LogP contribution in [-0.2, 0) is 0 Å². The van der Waals surface area contributed by atoms with Gasteiger partial charge in [-0.3, -0.25) is 0 Å². The molecule has 0 heterocycles. The number of aliphatic imine (C=N–C) groups is 1. The summed E-state index contributed by atoms with van der Waals surface area (Å²) in [4.78, 5) is 4.55. The molecule has 70 valence electrons. The molecule has 1 aromatic carbocycles. The van der Waals surface area contributed by atoms with E-state index < -0.39 is 0 Å². The molecule has 0 unspecified atom stereocenters. The SMILES string of the molecule is CCSC(CC)=Nc1ccccc1. The maximum atomic E-state index is 4.55. The van der Waals surface area contributed by atoms with Crippen molar-refractivity contribution in [2.45, 2.75) is 20.3 Å². The molecule has 0 bridgehead atoms. The first-order valence-corrected chi connectivity index (χ1v) is 5.60. The molecule has 0 spiro atoms. The van der Waals surface area contributed by atoms with Gasteiger partial charge in [0.05, 0.1) is 10.7 Å². The van der Waals surface area contributed by atoms with E-state index in [9.17, 15) is 0 Å². The van der Waals surface area contributed by atoms with Gasteiger partial charge in [-0.1, -0.05) is 32.0 Å². The average Bonchev–Trinajstić information content (AvgIpc) is 2.19. The lowest BCUT2D eigenvalue weighted by Gasteiger charge is -2.00. The Balaban J connectivity index is 2.73. The van der Waals surface area contributed by atoms with Crippen molar-refractivity contribution in [1.29, 1.82) is 0 Å². The number of rotatable bonds is 3. The Morgan fingerprint density at radius 2 is 1.92 bits per heavy atom. The van der Waals surface area contributed by atoms with Gasteiger partial charge in [-0.25, -0.2) is 4.99 Å². The maximum Gasteiger partial charge on any atom is 0.0735 e. The Morgan fingerprint density at radius 1 is 1.23 bits per heavy atom. The molecule has 0 radical (unpaired) electrons. The quantitative estimate of drug-likeness (QED) is 0.524. The predicted octanol–water partition coefficient (Wildman–Crippen LogP) is 3.88. The third kappa shape index (κ3) is 3.64. The van der Waals surface area contributed by atoms with Gasteiger partial charge in [0.1, 0.15) is 0 Å². The number of hydrogen-bond donors (Lipinski definition) is 0. The predicted molar refractivity (Wildman–Crippen MR) is 62.0 cm³/mol. The topological polar surface area (TPSA) is 12.4 Å². The average molecular weight is 193 g/mol. The zero-order valence-corrected chi connectivity index (χ0v) is 8.97. The van der Waals surface area contributed by atoms with E-state index in [1.54, 1.807) is 0 Å². The highest BCUT2D eigenvalue weighted by Gasteiger charge is 1.95. The summed E-state index contributed by atoms with van der Waals surface area (Å²) >= 11 is 1.82. The molecule has 0 atom stereocenters. The minimum absolute atomic E-state index is 1.02. The maximum absolute atomic E-state index is 4.55. The summed E-state index contributed by atoms with van der Waals surface area (Å²) < 4.78 is 0. The van der Waals surface area contributed by atoms with Crippen LogP contribution < -0.4 is 0 Å². The van der Waals surface area contributed by atoms with E-state index in [-0.39, 0.29) is 0 Å². The van der Waals surface area contributed by atoms with E-state index in [2.05, 4.69) is 18.8 Å². The van der Waals surface area contributed by atoms with E-state index in [1.165, 1.54) is 5.04 Å². The number of hydrogen-bond acceptors (Lipinski definition) is 2. The Morgan fingerprint density at radius 3 is 2.46 bits per heavy atom. The summed E-state index contributed by atoms with van der Waals surface area (Å²) in [6.07, 6.45) is 1.02. The van der Waals surface area contributed by atoms with Crippen LogP contribution in [0.15, 0.2) is 35.3 Å². The highest BCUT2D eigenvalue weighted by atomic mass is 32.2. The van der Waals surface area contributed by atoms with Crippen LogP contribution in [0, 0.1) is 0 Å². The molecular formula is C11H15NS. The third-order valence-corrected chi connectivity index (χ3v) is 2.63. The zero-order valence-electron chi connectivity index (χ0n) is 8.16. The van der Waals surface area contributed by atoms with E-state index in [0.29, 0.717) is 0 Å². The standard InChI is InChI=1S/C11H15NS/c1-3-11(13-4-2)12-10-8-6-5-7-9-10/h5-9H,3-4H2,1-2H3. The highest BCUT2D eigenvalue weighted by Crippen LogP contribution is 2.16. The van der Waals surface area contributed by atoms with Gasteiger partial charge in [0, 0.05) is 0 Å². The lowest BCUT2D eigenvalue weighted by Crippen LogP contribution is -1.88. The summed E-state index contributed by atoms with van der Waals surface area (Å²) in [5, 5.41) is 1.22. The van der Waals surface area contributed by atoms with Gasteiger partial charge >= 0.3 is 0 Å². The van der Waals surface area contributed by atoms with Gasteiger partial charge in [-0.15, -0.1) is 11.8 Å². The molecule has 0 amide bonds. The first kappa shape index (κ1) is 10.3. The van der Waals surface area contributed by atoms with Crippen molar-refractivity contribution in [2.75, 3.05) is 5.75 Å². The summed E-state index contributed by atoms with van der Waals surface area (Å²) in [5.74, 6) is 1.10. The molecule has 0 saturated heterocycles. The van der Waals surface area contributed by atoms with Crippen molar-refractivity contribution < 1.29 is 0 Å². The molecule has 0 aliphatic carbocycles. The molecule has 0 fully saturated rings. The molecule has 0 aromatic heterocycles. The van der Waals surface area contributed by atoms with Crippen molar-refractivity contribution in [1.82, 2.24) is 0 Å². The van der Waals surface area contributed by atoms with Gasteiger partial charge in [-0.05, 0) is 24.3 Å². The van der Waals surface area contributed by atoms with E-state index in [0.717, 1.165) is 17.9 Å². The van der Waals surface area contributed by atoms with Crippen LogP contribution >= 0.6 is 11.8 Å². The van der Waals surface area contributed by atoms with E-state index >= 15 is 0 Å². The lowest BCUT2D eigenvalue weighted by molar-refractivity contribution is 1.30. The first-order chi connectivity index (χ1) is 6.36. The molecule has 13 heavy (non-hydrogen) atoms. The van der Waals surface area contributed by atoms with Gasteiger partial charge in [0.2, 0.25) is 0 Å². The zero-order chi connectivity index (χ0) is 9.52. The minimum Gasteiger partial charge on any atom is -0.247 e.